The van der Waals surface area contributed by atoms with Gasteiger partial charge in [-0.1, -0.05) is 99.5 Å². The SMILES string of the molecule is CCCc1ccc2[nH]c(-c3cccc(-c4nc5ccccc5[nH]4)c3)nc2c1.CCCc1ccc2[nH]c(-c3cccc(-c4nc5ccccc5[nH]4)c3)nc2c1. The summed E-state index contributed by atoms with van der Waals surface area (Å²) in [4.78, 5) is 32.7. The maximum absolute atomic E-state index is 4.82. The number of rotatable bonds is 8. The number of fused-ring (bicyclic) bond motifs is 4. The molecule has 4 heterocycles. The van der Waals surface area contributed by atoms with Crippen molar-refractivity contribution in [2.75, 3.05) is 0 Å². The maximum atomic E-state index is 4.82. The van der Waals surface area contributed by atoms with Crippen LogP contribution >= 0.6 is 0 Å². The number of para-hydroxylation sites is 4. The van der Waals surface area contributed by atoms with Crippen LogP contribution in [0.1, 0.15) is 37.8 Å². The molecular weight excluding hydrogens is 665 g/mol. The average Bonchev–Trinajstić information content (AvgIpc) is 4.02. The van der Waals surface area contributed by atoms with Gasteiger partial charge in [0.15, 0.2) is 0 Å². The molecule has 6 aromatic carbocycles. The van der Waals surface area contributed by atoms with Crippen LogP contribution in [0.25, 0.3) is 89.7 Å². The number of aryl methyl sites for hydroxylation is 2. The van der Waals surface area contributed by atoms with Crippen LogP contribution in [0.5, 0.6) is 0 Å². The molecule has 10 aromatic rings. The number of benzene rings is 6. The molecule has 0 saturated carbocycles. The Morgan fingerprint density at radius 3 is 1.07 bits per heavy atom. The van der Waals surface area contributed by atoms with Gasteiger partial charge < -0.3 is 19.9 Å². The van der Waals surface area contributed by atoms with Gasteiger partial charge in [0.05, 0.1) is 44.1 Å². The normalized spacial score (nSPS) is 11.4. The van der Waals surface area contributed by atoms with Gasteiger partial charge in [-0.05, 0) is 84.6 Å². The molecule has 264 valence electrons. The molecule has 0 spiro atoms. The van der Waals surface area contributed by atoms with Crippen molar-refractivity contribution in [2.45, 2.75) is 39.5 Å². The summed E-state index contributed by atoms with van der Waals surface area (Å²) in [5.74, 6) is 3.52. The number of hydrogen-bond acceptors (Lipinski definition) is 4. The highest BCUT2D eigenvalue weighted by atomic mass is 14.9. The Balaban J connectivity index is 0.000000142. The van der Waals surface area contributed by atoms with Gasteiger partial charge in [0.2, 0.25) is 0 Å². The predicted octanol–water partition coefficient (Wildman–Crippen LogP) is 11.5. The summed E-state index contributed by atoms with van der Waals surface area (Å²) in [6, 6.07) is 45.8. The third-order valence-corrected chi connectivity index (χ3v) is 9.77. The van der Waals surface area contributed by atoms with Crippen LogP contribution in [0.15, 0.2) is 133 Å². The zero-order valence-electron chi connectivity index (χ0n) is 30.3. The van der Waals surface area contributed by atoms with Crippen LogP contribution in [-0.2, 0) is 12.8 Å². The van der Waals surface area contributed by atoms with Crippen LogP contribution in [0.3, 0.4) is 0 Å². The van der Waals surface area contributed by atoms with Gasteiger partial charge in [0.25, 0.3) is 0 Å². The molecule has 8 nitrogen and oxygen atoms in total. The zero-order chi connectivity index (χ0) is 36.4. The second-order valence-electron chi connectivity index (χ2n) is 13.7. The Morgan fingerprint density at radius 2 is 0.704 bits per heavy atom. The Morgan fingerprint density at radius 1 is 0.352 bits per heavy atom. The first kappa shape index (κ1) is 33.1. The highest BCUT2D eigenvalue weighted by Gasteiger charge is 2.12. The number of hydrogen-bond donors (Lipinski definition) is 4. The number of H-pyrrole nitrogens is 4. The Hall–Kier alpha value is -6.80. The van der Waals surface area contributed by atoms with Crippen molar-refractivity contribution in [3.63, 3.8) is 0 Å². The van der Waals surface area contributed by atoms with E-state index in [9.17, 15) is 0 Å². The second-order valence-corrected chi connectivity index (χ2v) is 13.7. The molecular formula is C46H40N8. The lowest BCUT2D eigenvalue weighted by Gasteiger charge is -2.00. The number of aromatic nitrogens is 8. The van der Waals surface area contributed by atoms with Crippen LogP contribution in [-0.4, -0.2) is 39.9 Å². The summed E-state index contributed by atoms with van der Waals surface area (Å²) >= 11 is 0. The quantitative estimate of drug-likeness (QED) is 0.126. The third-order valence-electron chi connectivity index (χ3n) is 9.77. The van der Waals surface area contributed by atoms with Crippen molar-refractivity contribution in [1.82, 2.24) is 39.9 Å². The van der Waals surface area contributed by atoms with E-state index in [0.717, 1.165) is 115 Å². The summed E-state index contributed by atoms with van der Waals surface area (Å²) < 4.78 is 0. The number of nitrogens with one attached hydrogen (secondary N) is 4. The van der Waals surface area contributed by atoms with Crippen molar-refractivity contribution in [3.05, 3.63) is 145 Å². The minimum absolute atomic E-state index is 0.874. The maximum Gasteiger partial charge on any atom is 0.138 e. The summed E-state index contributed by atoms with van der Waals surface area (Å²) in [7, 11) is 0. The minimum atomic E-state index is 0.874. The van der Waals surface area contributed by atoms with E-state index < -0.39 is 0 Å². The molecule has 0 unspecified atom stereocenters. The van der Waals surface area contributed by atoms with Crippen LogP contribution in [0.2, 0.25) is 0 Å². The van der Waals surface area contributed by atoms with Crippen LogP contribution in [0, 0.1) is 0 Å². The molecule has 4 N–H and O–H groups in total. The third kappa shape index (κ3) is 6.65. The van der Waals surface area contributed by atoms with Crippen molar-refractivity contribution in [2.24, 2.45) is 0 Å². The van der Waals surface area contributed by atoms with E-state index in [1.807, 2.05) is 60.7 Å². The van der Waals surface area contributed by atoms with E-state index in [2.05, 4.69) is 107 Å². The minimum Gasteiger partial charge on any atom is -0.338 e. The van der Waals surface area contributed by atoms with Gasteiger partial charge in [-0.3, -0.25) is 0 Å². The smallest absolute Gasteiger partial charge is 0.138 e. The molecule has 0 radical (unpaired) electrons. The standard InChI is InChI=1S/2C23H20N4/c2*1-2-6-15-11-12-20-21(13-15)27-23(26-20)17-8-5-7-16(14-17)22-24-18-9-3-4-10-19(18)25-22/h2*3-5,7-14H,2,6H2,1H3,(H,24,25)(H,26,27). The van der Waals surface area contributed by atoms with Gasteiger partial charge in [0, 0.05) is 22.3 Å². The number of aromatic amines is 4. The fraction of sp³-hybridized carbons (Fsp3) is 0.130. The van der Waals surface area contributed by atoms with E-state index in [0.29, 0.717) is 0 Å². The molecule has 0 fully saturated rings. The summed E-state index contributed by atoms with van der Waals surface area (Å²) in [6.45, 7) is 4.40. The van der Waals surface area contributed by atoms with Crippen molar-refractivity contribution in [3.8, 4) is 45.6 Å². The van der Waals surface area contributed by atoms with E-state index in [1.165, 1.54) is 11.1 Å². The zero-order valence-corrected chi connectivity index (χ0v) is 30.3. The lowest BCUT2D eigenvalue weighted by Crippen LogP contribution is -1.84. The Bertz CT molecular complexity index is 2620. The van der Waals surface area contributed by atoms with Gasteiger partial charge in [0.1, 0.15) is 23.3 Å². The number of imidazole rings is 4. The Labute approximate surface area is 312 Å². The number of nitrogens with zero attached hydrogens (tertiary/aromatic N) is 4. The topological polar surface area (TPSA) is 115 Å². The first-order valence-corrected chi connectivity index (χ1v) is 18.7. The lowest BCUT2D eigenvalue weighted by molar-refractivity contribution is 0.923. The first-order valence-electron chi connectivity index (χ1n) is 18.7. The summed E-state index contributed by atoms with van der Waals surface area (Å²) in [5.41, 5.74) is 15.1. The second kappa shape index (κ2) is 14.3. The first-order chi connectivity index (χ1) is 26.6. The monoisotopic (exact) mass is 704 g/mol. The fourth-order valence-electron chi connectivity index (χ4n) is 7.07. The van der Waals surface area contributed by atoms with E-state index >= 15 is 0 Å². The van der Waals surface area contributed by atoms with Gasteiger partial charge in [-0.2, -0.15) is 0 Å². The highest BCUT2D eigenvalue weighted by Crippen LogP contribution is 2.29. The summed E-state index contributed by atoms with van der Waals surface area (Å²) in [5, 5.41) is 0. The Kier molecular flexibility index (Phi) is 8.77. The van der Waals surface area contributed by atoms with Gasteiger partial charge in [-0.15, -0.1) is 0 Å². The predicted molar refractivity (Wildman–Crippen MR) is 221 cm³/mol. The molecule has 0 amide bonds. The highest BCUT2D eigenvalue weighted by molar-refractivity contribution is 5.84. The molecule has 0 saturated heterocycles. The van der Waals surface area contributed by atoms with Crippen molar-refractivity contribution < 1.29 is 0 Å². The molecule has 0 aliphatic carbocycles. The molecule has 0 atom stereocenters. The van der Waals surface area contributed by atoms with Gasteiger partial charge >= 0.3 is 0 Å². The molecule has 0 aliphatic rings. The van der Waals surface area contributed by atoms with E-state index in [-0.39, 0.29) is 0 Å². The van der Waals surface area contributed by atoms with E-state index in [4.69, 9.17) is 19.9 Å². The lowest BCUT2D eigenvalue weighted by atomic mass is 10.1. The van der Waals surface area contributed by atoms with Crippen LogP contribution in [0.4, 0.5) is 0 Å². The molecule has 10 rings (SSSR count). The molecule has 54 heavy (non-hydrogen) atoms. The summed E-state index contributed by atoms with van der Waals surface area (Å²) in [6.07, 6.45) is 4.45. The molecule has 8 heteroatoms. The van der Waals surface area contributed by atoms with Gasteiger partial charge in [-0.25, -0.2) is 19.9 Å². The van der Waals surface area contributed by atoms with Crippen molar-refractivity contribution >= 4 is 44.1 Å². The average molecular weight is 705 g/mol. The molecule has 0 aliphatic heterocycles. The molecule has 0 bridgehead atoms. The van der Waals surface area contributed by atoms with E-state index in [1.54, 1.807) is 0 Å². The van der Waals surface area contributed by atoms with Crippen molar-refractivity contribution in [1.29, 1.82) is 0 Å². The largest absolute Gasteiger partial charge is 0.338 e. The molecule has 4 aromatic heterocycles. The van der Waals surface area contributed by atoms with Crippen LogP contribution < -0.4 is 0 Å². The fourth-order valence-corrected chi connectivity index (χ4v) is 7.07.